The monoisotopic (exact) mass is 325 g/mol. The Morgan fingerprint density at radius 2 is 2.26 bits per heavy atom. The summed E-state index contributed by atoms with van der Waals surface area (Å²) in [5.74, 6) is 1.48. The number of hydrogen-bond donors (Lipinski definition) is 0. The number of amides is 1. The van der Waals surface area contributed by atoms with Crippen LogP contribution < -0.4 is 0 Å². The van der Waals surface area contributed by atoms with E-state index in [1.807, 2.05) is 6.92 Å². The zero-order valence-electron chi connectivity index (χ0n) is 14.7. The maximum Gasteiger partial charge on any atom is 0.248 e. The molecule has 0 radical (unpaired) electrons. The minimum atomic E-state index is -0.278. The number of hydrogen-bond acceptors (Lipinski definition) is 6. The van der Waals surface area contributed by atoms with Crippen LogP contribution in [0.1, 0.15) is 25.5 Å². The summed E-state index contributed by atoms with van der Waals surface area (Å²) in [6, 6.07) is 0. The van der Waals surface area contributed by atoms with E-state index in [1.54, 1.807) is 20.3 Å². The molecule has 23 heavy (non-hydrogen) atoms. The van der Waals surface area contributed by atoms with Crippen LogP contribution >= 0.6 is 0 Å². The summed E-state index contributed by atoms with van der Waals surface area (Å²) in [5.41, 5.74) is -0.278. The van der Waals surface area contributed by atoms with Crippen LogP contribution in [0.25, 0.3) is 0 Å². The Balaban J connectivity index is 1.86. The van der Waals surface area contributed by atoms with Crippen LogP contribution in [0.15, 0.2) is 10.6 Å². The Morgan fingerprint density at radius 1 is 1.52 bits per heavy atom. The average molecular weight is 325 g/mol. The van der Waals surface area contributed by atoms with Crippen molar-refractivity contribution in [1.29, 1.82) is 0 Å². The highest BCUT2D eigenvalue weighted by Gasteiger charge is 2.34. The number of carbonyl (C=O) groups excluding carboxylic acids is 1. The van der Waals surface area contributed by atoms with Gasteiger partial charge >= 0.3 is 0 Å². The van der Waals surface area contributed by atoms with Crippen molar-refractivity contribution in [2.24, 2.45) is 0 Å². The quantitative estimate of drug-likeness (QED) is 0.779. The van der Waals surface area contributed by atoms with Gasteiger partial charge in [0.2, 0.25) is 11.8 Å². The van der Waals surface area contributed by atoms with Gasteiger partial charge in [0.1, 0.15) is 12.4 Å². The predicted octanol–water partition coefficient (Wildman–Crippen LogP) is 1.07. The molecule has 1 amide bonds. The number of ether oxygens (including phenoxy) is 2. The highest BCUT2D eigenvalue weighted by atomic mass is 16.6. The number of carbonyl (C=O) groups is 1. The normalized spacial score (nSPS) is 21.3. The van der Waals surface area contributed by atoms with Crippen molar-refractivity contribution in [2.75, 3.05) is 40.4 Å². The van der Waals surface area contributed by atoms with Crippen molar-refractivity contribution >= 4 is 5.91 Å². The first kappa shape index (κ1) is 17.9. The second-order valence-electron chi connectivity index (χ2n) is 6.84. The minimum absolute atomic E-state index is 0.0489. The Kier molecular flexibility index (Phi) is 5.78. The molecule has 1 aromatic heterocycles. The minimum Gasteiger partial charge on any atom is -0.445 e. The third-order valence-corrected chi connectivity index (χ3v) is 3.61. The molecule has 0 aliphatic carbocycles. The number of nitrogens with zero attached hydrogens (tertiary/aromatic N) is 3. The van der Waals surface area contributed by atoms with E-state index in [2.05, 4.69) is 23.7 Å². The van der Waals surface area contributed by atoms with E-state index in [4.69, 9.17) is 13.9 Å². The van der Waals surface area contributed by atoms with Crippen molar-refractivity contribution in [3.8, 4) is 0 Å². The zero-order chi connectivity index (χ0) is 17.0. The van der Waals surface area contributed by atoms with Crippen molar-refractivity contribution in [3.63, 3.8) is 0 Å². The van der Waals surface area contributed by atoms with Gasteiger partial charge in [-0.25, -0.2) is 4.98 Å². The Bertz CT molecular complexity index is 527. The summed E-state index contributed by atoms with van der Waals surface area (Å²) in [6.07, 6.45) is 1.65. The molecule has 1 aliphatic heterocycles. The van der Waals surface area contributed by atoms with Crippen LogP contribution in [-0.4, -0.2) is 72.8 Å². The van der Waals surface area contributed by atoms with E-state index < -0.39 is 0 Å². The number of morpholine rings is 1. The highest BCUT2D eigenvalue weighted by molar-refractivity contribution is 5.76. The lowest BCUT2D eigenvalue weighted by molar-refractivity contribution is -0.162. The molecule has 0 N–H and O–H groups in total. The van der Waals surface area contributed by atoms with Gasteiger partial charge < -0.3 is 18.8 Å². The fourth-order valence-electron chi connectivity index (χ4n) is 2.70. The molecule has 2 rings (SSSR count). The van der Waals surface area contributed by atoms with Gasteiger partial charge in [0, 0.05) is 27.2 Å². The SMILES string of the molecule is Cc1cnc(CN2CC(COCC(=O)N(C)C)OC(C)(C)C2)o1. The first-order chi connectivity index (χ1) is 10.7. The van der Waals surface area contributed by atoms with E-state index in [-0.39, 0.29) is 24.2 Å². The first-order valence-electron chi connectivity index (χ1n) is 7.84. The summed E-state index contributed by atoms with van der Waals surface area (Å²) in [7, 11) is 3.43. The van der Waals surface area contributed by atoms with Crippen molar-refractivity contribution < 1.29 is 18.7 Å². The molecule has 2 heterocycles. The lowest BCUT2D eigenvalue weighted by Gasteiger charge is -2.42. The van der Waals surface area contributed by atoms with E-state index in [0.717, 1.165) is 18.8 Å². The van der Waals surface area contributed by atoms with E-state index >= 15 is 0 Å². The molecule has 1 saturated heterocycles. The maximum atomic E-state index is 11.5. The second-order valence-corrected chi connectivity index (χ2v) is 6.84. The number of aromatic nitrogens is 1. The summed E-state index contributed by atoms with van der Waals surface area (Å²) >= 11 is 0. The molecule has 0 aromatic carbocycles. The van der Waals surface area contributed by atoms with Gasteiger partial charge in [-0.05, 0) is 20.8 Å². The number of oxazole rings is 1. The highest BCUT2D eigenvalue weighted by Crippen LogP contribution is 2.22. The molecule has 1 unspecified atom stereocenters. The summed E-state index contributed by atoms with van der Waals surface area (Å²) in [5, 5.41) is 0. The van der Waals surface area contributed by atoms with Crippen LogP contribution in [0.3, 0.4) is 0 Å². The van der Waals surface area contributed by atoms with Crippen molar-refractivity contribution in [3.05, 3.63) is 17.8 Å². The lowest BCUT2D eigenvalue weighted by atomic mass is 10.1. The van der Waals surface area contributed by atoms with E-state index in [1.165, 1.54) is 4.90 Å². The Hall–Kier alpha value is -1.44. The van der Waals surface area contributed by atoms with Gasteiger partial charge in [-0.1, -0.05) is 0 Å². The molecule has 1 aliphatic rings. The molecule has 0 bridgehead atoms. The van der Waals surface area contributed by atoms with Gasteiger partial charge in [-0.15, -0.1) is 0 Å². The molecular formula is C16H27N3O4. The molecule has 7 heteroatoms. The van der Waals surface area contributed by atoms with Gasteiger partial charge in [0.15, 0.2) is 0 Å². The smallest absolute Gasteiger partial charge is 0.248 e. The molecular weight excluding hydrogens is 298 g/mol. The number of likely N-dealkylation sites (N-methyl/N-ethyl adjacent to an activating group) is 1. The molecule has 1 atom stereocenters. The molecule has 130 valence electrons. The molecule has 0 saturated carbocycles. The second kappa shape index (κ2) is 7.42. The van der Waals surface area contributed by atoms with Gasteiger partial charge in [-0.3, -0.25) is 9.69 Å². The largest absolute Gasteiger partial charge is 0.445 e. The number of aryl methyl sites for hydroxylation is 1. The van der Waals surface area contributed by atoms with E-state index in [9.17, 15) is 4.79 Å². The van der Waals surface area contributed by atoms with Gasteiger partial charge in [-0.2, -0.15) is 0 Å². The molecule has 1 fully saturated rings. The molecule has 7 nitrogen and oxygen atoms in total. The topological polar surface area (TPSA) is 68.0 Å². The standard InChI is InChI=1S/C16H27N3O4/c1-12-6-17-14(22-12)8-19-7-13(23-16(2,3)11-19)9-21-10-15(20)18(4)5/h6,13H,7-11H2,1-5H3. The molecule has 0 spiro atoms. The third-order valence-electron chi connectivity index (χ3n) is 3.61. The maximum absolute atomic E-state index is 11.5. The fourth-order valence-corrected chi connectivity index (χ4v) is 2.70. The van der Waals surface area contributed by atoms with Crippen molar-refractivity contribution in [2.45, 2.75) is 39.0 Å². The van der Waals surface area contributed by atoms with Crippen LogP contribution in [0, 0.1) is 6.92 Å². The lowest BCUT2D eigenvalue weighted by Crippen LogP contribution is -2.53. The first-order valence-corrected chi connectivity index (χ1v) is 7.84. The van der Waals surface area contributed by atoms with Gasteiger partial charge in [0.25, 0.3) is 0 Å². The van der Waals surface area contributed by atoms with Crippen LogP contribution in [-0.2, 0) is 20.8 Å². The predicted molar refractivity (Wildman–Crippen MR) is 85.0 cm³/mol. The van der Waals surface area contributed by atoms with Crippen LogP contribution in [0.4, 0.5) is 0 Å². The summed E-state index contributed by atoms with van der Waals surface area (Å²) in [6.45, 7) is 8.63. The van der Waals surface area contributed by atoms with Crippen LogP contribution in [0.5, 0.6) is 0 Å². The fraction of sp³-hybridized carbons (Fsp3) is 0.750. The Labute approximate surface area is 137 Å². The third kappa shape index (κ3) is 5.60. The van der Waals surface area contributed by atoms with E-state index in [0.29, 0.717) is 19.0 Å². The van der Waals surface area contributed by atoms with Gasteiger partial charge in [0.05, 0.1) is 31.1 Å². The Morgan fingerprint density at radius 3 is 2.87 bits per heavy atom. The average Bonchev–Trinajstić information content (AvgIpc) is 2.82. The summed E-state index contributed by atoms with van der Waals surface area (Å²) < 4.78 is 17.1. The summed E-state index contributed by atoms with van der Waals surface area (Å²) in [4.78, 5) is 19.6. The van der Waals surface area contributed by atoms with Crippen molar-refractivity contribution in [1.82, 2.24) is 14.8 Å². The molecule has 1 aromatic rings. The van der Waals surface area contributed by atoms with Crippen LogP contribution in [0.2, 0.25) is 0 Å². The number of rotatable bonds is 6. The zero-order valence-corrected chi connectivity index (χ0v) is 14.7.